The van der Waals surface area contributed by atoms with Crippen molar-refractivity contribution in [1.82, 2.24) is 14.5 Å². The lowest BCUT2D eigenvalue weighted by Gasteiger charge is -2.37. The van der Waals surface area contributed by atoms with Crippen molar-refractivity contribution in [2.75, 3.05) is 26.3 Å². The Morgan fingerprint density at radius 1 is 1.33 bits per heavy atom. The van der Waals surface area contributed by atoms with Crippen LogP contribution in [0.1, 0.15) is 6.42 Å². The Balaban J connectivity index is 1.47. The quantitative estimate of drug-likeness (QED) is 0.805. The van der Waals surface area contributed by atoms with Crippen LogP contribution in [0.4, 0.5) is 4.39 Å². The maximum atomic E-state index is 13.1. The Bertz CT molecular complexity index is 771. The van der Waals surface area contributed by atoms with Crippen LogP contribution in [0, 0.1) is 11.2 Å². The van der Waals surface area contributed by atoms with E-state index in [0.29, 0.717) is 5.69 Å². The zero-order chi connectivity index (χ0) is 16.7. The molecule has 24 heavy (non-hydrogen) atoms. The molecule has 0 aliphatic carbocycles. The second kappa shape index (κ2) is 5.97. The highest BCUT2D eigenvalue weighted by Crippen LogP contribution is 2.37. The van der Waals surface area contributed by atoms with Gasteiger partial charge in [-0.1, -0.05) is 0 Å². The summed E-state index contributed by atoms with van der Waals surface area (Å²) in [4.78, 5) is 18.8. The van der Waals surface area contributed by atoms with E-state index in [1.165, 1.54) is 12.1 Å². The molecule has 2 fully saturated rings. The zero-order valence-corrected chi connectivity index (χ0v) is 14.6. The molecule has 2 saturated heterocycles. The van der Waals surface area contributed by atoms with Gasteiger partial charge in [-0.3, -0.25) is 4.79 Å². The summed E-state index contributed by atoms with van der Waals surface area (Å²) < 4.78 is 20.9. The highest BCUT2D eigenvalue weighted by atomic mass is 79.9. The van der Waals surface area contributed by atoms with Crippen LogP contribution in [0.2, 0.25) is 0 Å². The van der Waals surface area contributed by atoms with Gasteiger partial charge in [0.15, 0.2) is 0 Å². The van der Waals surface area contributed by atoms with Gasteiger partial charge in [-0.2, -0.15) is 0 Å². The highest BCUT2D eigenvalue weighted by molar-refractivity contribution is 9.10. The molecule has 1 spiro atoms. The van der Waals surface area contributed by atoms with E-state index in [2.05, 4.69) is 20.9 Å². The van der Waals surface area contributed by atoms with Gasteiger partial charge in [-0.05, 0) is 46.6 Å². The van der Waals surface area contributed by atoms with E-state index >= 15 is 0 Å². The third-order valence-corrected chi connectivity index (χ3v) is 5.64. The number of carbonyl (C=O) groups excluding carboxylic acids is 1. The molecule has 0 radical (unpaired) electrons. The third-order valence-electron chi connectivity index (χ3n) is 4.80. The van der Waals surface area contributed by atoms with E-state index in [9.17, 15) is 9.18 Å². The summed E-state index contributed by atoms with van der Waals surface area (Å²) in [6, 6.07) is 6.15. The van der Waals surface area contributed by atoms with Crippen LogP contribution < -0.4 is 0 Å². The molecular formula is C17H17BrFN3O2. The molecule has 0 unspecified atom stereocenters. The average molecular weight is 394 g/mol. The lowest BCUT2D eigenvalue weighted by molar-refractivity contribution is -0.135. The number of ether oxygens (including phenoxy) is 1. The molecule has 0 bridgehead atoms. The van der Waals surface area contributed by atoms with Gasteiger partial charge in [0.2, 0.25) is 5.91 Å². The molecule has 2 aliphatic rings. The third kappa shape index (κ3) is 2.75. The van der Waals surface area contributed by atoms with Crippen molar-refractivity contribution in [3.05, 3.63) is 41.0 Å². The number of hydrogen-bond acceptors (Lipinski definition) is 3. The average Bonchev–Trinajstić information content (AvgIpc) is 3.14. The van der Waals surface area contributed by atoms with Gasteiger partial charge in [-0.25, -0.2) is 9.37 Å². The molecule has 2 aromatic rings. The van der Waals surface area contributed by atoms with Crippen molar-refractivity contribution >= 4 is 21.8 Å². The lowest BCUT2D eigenvalue weighted by Crippen LogP contribution is -2.45. The normalized spacial score (nSPS) is 18.8. The van der Waals surface area contributed by atoms with Gasteiger partial charge in [0.1, 0.15) is 22.7 Å². The molecule has 1 aromatic carbocycles. The van der Waals surface area contributed by atoms with E-state index in [1.54, 1.807) is 23.0 Å². The van der Waals surface area contributed by atoms with Crippen LogP contribution in [0.15, 0.2) is 35.2 Å². The number of carbonyl (C=O) groups is 1. The minimum absolute atomic E-state index is 0.0857. The largest absolute Gasteiger partial charge is 0.380 e. The van der Waals surface area contributed by atoms with Gasteiger partial charge in [-0.15, -0.1) is 0 Å². The van der Waals surface area contributed by atoms with Gasteiger partial charge < -0.3 is 14.2 Å². The fourth-order valence-electron chi connectivity index (χ4n) is 3.30. The van der Waals surface area contributed by atoms with Crippen LogP contribution in [0.25, 0.3) is 11.3 Å². The Kier molecular flexibility index (Phi) is 3.92. The second-order valence-corrected chi connectivity index (χ2v) is 7.33. The molecule has 4 rings (SSSR count). The number of halogens is 2. The maximum absolute atomic E-state index is 13.1. The van der Waals surface area contributed by atoms with Crippen molar-refractivity contribution in [3.8, 4) is 11.3 Å². The van der Waals surface area contributed by atoms with E-state index in [4.69, 9.17) is 4.74 Å². The zero-order valence-electron chi connectivity index (χ0n) is 13.0. The van der Waals surface area contributed by atoms with E-state index in [1.807, 2.05) is 4.90 Å². The molecule has 0 atom stereocenters. The molecule has 7 heteroatoms. The number of amides is 1. The number of benzene rings is 1. The van der Waals surface area contributed by atoms with E-state index < -0.39 is 0 Å². The molecule has 5 nitrogen and oxygen atoms in total. The first-order valence-corrected chi connectivity index (χ1v) is 8.68. The second-order valence-electron chi connectivity index (χ2n) is 6.58. The molecule has 3 heterocycles. The highest BCUT2D eigenvalue weighted by Gasteiger charge is 2.45. The smallest absolute Gasteiger partial charge is 0.242 e. The van der Waals surface area contributed by atoms with Crippen molar-refractivity contribution < 1.29 is 13.9 Å². The first-order valence-electron chi connectivity index (χ1n) is 7.88. The van der Waals surface area contributed by atoms with Crippen LogP contribution in [0.3, 0.4) is 0 Å². The van der Waals surface area contributed by atoms with Crippen LogP contribution in [-0.4, -0.2) is 46.7 Å². The fourth-order valence-corrected chi connectivity index (χ4v) is 3.85. The van der Waals surface area contributed by atoms with Gasteiger partial charge >= 0.3 is 0 Å². The fraction of sp³-hybridized carbons (Fsp3) is 0.412. The monoisotopic (exact) mass is 393 g/mol. The topological polar surface area (TPSA) is 47.4 Å². The first-order chi connectivity index (χ1) is 11.6. The first kappa shape index (κ1) is 15.8. The molecule has 0 saturated carbocycles. The summed E-state index contributed by atoms with van der Waals surface area (Å²) in [6.07, 6.45) is 2.66. The van der Waals surface area contributed by atoms with E-state index in [-0.39, 0.29) is 23.7 Å². The predicted molar refractivity (Wildman–Crippen MR) is 89.8 cm³/mol. The summed E-state index contributed by atoms with van der Waals surface area (Å²) in [6.45, 7) is 3.34. The molecule has 126 valence electrons. The number of likely N-dealkylation sites (tertiary alicyclic amines) is 1. The Labute approximate surface area is 147 Å². The maximum Gasteiger partial charge on any atom is 0.242 e. The molecular weight excluding hydrogens is 377 g/mol. The molecule has 0 N–H and O–H groups in total. The number of aromatic nitrogens is 2. The Morgan fingerprint density at radius 2 is 2.08 bits per heavy atom. The number of imidazole rings is 1. The predicted octanol–water partition coefficient (Wildman–Crippen LogP) is 2.70. The number of rotatable bonds is 3. The Morgan fingerprint density at radius 3 is 2.71 bits per heavy atom. The molecule has 1 aromatic heterocycles. The lowest BCUT2D eigenvalue weighted by atomic mass is 9.85. The Hall–Kier alpha value is -1.73. The molecule has 2 aliphatic heterocycles. The summed E-state index contributed by atoms with van der Waals surface area (Å²) in [7, 11) is 0. The van der Waals surface area contributed by atoms with Crippen molar-refractivity contribution in [1.29, 1.82) is 0 Å². The van der Waals surface area contributed by atoms with Crippen molar-refractivity contribution in [2.45, 2.75) is 13.0 Å². The van der Waals surface area contributed by atoms with E-state index in [0.717, 1.165) is 42.9 Å². The summed E-state index contributed by atoms with van der Waals surface area (Å²) >= 11 is 3.51. The van der Waals surface area contributed by atoms with Crippen molar-refractivity contribution in [3.63, 3.8) is 0 Å². The minimum atomic E-state index is -0.285. The summed E-state index contributed by atoms with van der Waals surface area (Å²) in [5.41, 5.74) is 1.70. The van der Waals surface area contributed by atoms with Crippen molar-refractivity contribution in [2.24, 2.45) is 5.41 Å². The van der Waals surface area contributed by atoms with Crippen LogP contribution in [-0.2, 0) is 16.1 Å². The summed E-state index contributed by atoms with van der Waals surface area (Å²) in [5.74, 6) is -0.199. The van der Waals surface area contributed by atoms with Crippen LogP contribution >= 0.6 is 15.9 Å². The minimum Gasteiger partial charge on any atom is -0.380 e. The van der Waals surface area contributed by atoms with Crippen LogP contribution in [0.5, 0.6) is 0 Å². The number of nitrogens with zero attached hydrogens (tertiary/aromatic N) is 3. The molecule has 1 amide bonds. The summed E-state index contributed by atoms with van der Waals surface area (Å²) in [5, 5.41) is 0. The van der Waals surface area contributed by atoms with Gasteiger partial charge in [0, 0.05) is 24.1 Å². The van der Waals surface area contributed by atoms with Gasteiger partial charge in [0.25, 0.3) is 0 Å². The van der Waals surface area contributed by atoms with Gasteiger partial charge in [0.05, 0.1) is 19.5 Å². The number of hydrogen-bond donors (Lipinski definition) is 0. The standard InChI is InChI=1S/C17H17BrFN3O2/c18-16-15(12-1-3-13(19)4-2-12)20-11-22(16)7-14(23)21-6-5-17(8-21)9-24-10-17/h1-4,11H,5-10H2. The SMILES string of the molecule is O=C(Cn1cnc(-c2ccc(F)cc2)c1Br)N1CCC2(COC2)C1.